The molecule has 0 aliphatic heterocycles. The first-order valence-electron chi connectivity index (χ1n) is 6.15. The summed E-state index contributed by atoms with van der Waals surface area (Å²) in [4.78, 5) is 20.8. The number of ether oxygens (including phenoxy) is 1. The molecule has 0 saturated heterocycles. The number of methoxy groups -OCH3 is 1. The normalized spacial score (nSPS) is 11.1. The third-order valence-corrected chi connectivity index (χ3v) is 2.42. The van der Waals surface area contributed by atoms with Gasteiger partial charge in [-0.15, -0.1) is 0 Å². The molecule has 0 N–H and O–H groups in total. The number of hydrogen-bond donors (Lipinski definition) is 0. The minimum atomic E-state index is -0.116. The number of unbranched alkanes of at least 4 members (excludes halogenated alkanes) is 5. The molecule has 0 aliphatic carbocycles. The molecule has 0 amide bonds. The Hall–Kier alpha value is -1.38. The first-order valence-corrected chi connectivity index (χ1v) is 6.15. The zero-order chi connectivity index (χ0) is 12.8. The molecule has 0 fully saturated rings. The molecule has 3 nitrogen and oxygen atoms in total. The van der Waals surface area contributed by atoms with Gasteiger partial charge in [-0.3, -0.25) is 9.59 Å². The first kappa shape index (κ1) is 15.6. The van der Waals surface area contributed by atoms with E-state index in [-0.39, 0.29) is 5.97 Å². The monoisotopic (exact) mass is 238 g/mol. The molecule has 0 rings (SSSR count). The van der Waals surface area contributed by atoms with Crippen LogP contribution in [0.1, 0.15) is 44.9 Å². The highest BCUT2D eigenvalue weighted by atomic mass is 16.5. The summed E-state index contributed by atoms with van der Waals surface area (Å²) >= 11 is 0. The van der Waals surface area contributed by atoms with Crippen LogP contribution in [0.15, 0.2) is 24.3 Å². The van der Waals surface area contributed by atoms with E-state index in [1.165, 1.54) is 19.6 Å². The van der Waals surface area contributed by atoms with Crippen molar-refractivity contribution in [1.82, 2.24) is 0 Å². The molecule has 0 unspecified atom stereocenters. The average Bonchev–Trinajstić information content (AvgIpc) is 2.35. The van der Waals surface area contributed by atoms with Gasteiger partial charge < -0.3 is 4.74 Å². The van der Waals surface area contributed by atoms with Gasteiger partial charge in [-0.2, -0.15) is 0 Å². The number of esters is 1. The summed E-state index contributed by atoms with van der Waals surface area (Å²) in [5.74, 6) is -0.116. The van der Waals surface area contributed by atoms with Gasteiger partial charge in [0.25, 0.3) is 0 Å². The Morgan fingerprint density at radius 1 is 1.00 bits per heavy atom. The Morgan fingerprint density at radius 3 is 2.41 bits per heavy atom. The molecule has 17 heavy (non-hydrogen) atoms. The van der Waals surface area contributed by atoms with Gasteiger partial charge in [-0.25, -0.2) is 0 Å². The number of carbonyl (C=O) groups excluding carboxylic acids is 2. The number of rotatable bonds is 10. The number of hydrogen-bond acceptors (Lipinski definition) is 3. The van der Waals surface area contributed by atoms with Crippen molar-refractivity contribution in [1.29, 1.82) is 0 Å². The van der Waals surface area contributed by atoms with Crippen LogP contribution in [0.4, 0.5) is 0 Å². The molecule has 0 spiro atoms. The van der Waals surface area contributed by atoms with Gasteiger partial charge in [-0.05, 0) is 25.3 Å². The Labute approximate surface area is 104 Å². The number of carbonyl (C=O) groups is 2. The van der Waals surface area contributed by atoms with Crippen LogP contribution < -0.4 is 0 Å². The second-order valence-electron chi connectivity index (χ2n) is 3.83. The van der Waals surface area contributed by atoms with Crippen molar-refractivity contribution in [3.05, 3.63) is 24.3 Å². The van der Waals surface area contributed by atoms with E-state index in [4.69, 9.17) is 0 Å². The molecule has 3 heteroatoms. The molecular formula is C14H22O3. The molecule has 0 bridgehead atoms. The van der Waals surface area contributed by atoms with Gasteiger partial charge in [0.15, 0.2) is 0 Å². The highest BCUT2D eigenvalue weighted by Crippen LogP contribution is 2.07. The van der Waals surface area contributed by atoms with E-state index in [2.05, 4.69) is 10.8 Å². The second-order valence-corrected chi connectivity index (χ2v) is 3.83. The van der Waals surface area contributed by atoms with Crippen LogP contribution in [-0.4, -0.2) is 19.4 Å². The van der Waals surface area contributed by atoms with Gasteiger partial charge >= 0.3 is 5.97 Å². The quantitative estimate of drug-likeness (QED) is 0.193. The van der Waals surface area contributed by atoms with Gasteiger partial charge in [-0.1, -0.05) is 37.5 Å². The Morgan fingerprint density at radius 2 is 1.71 bits per heavy atom. The van der Waals surface area contributed by atoms with E-state index in [1.807, 2.05) is 6.08 Å². The Balaban J connectivity index is 3.18. The van der Waals surface area contributed by atoms with Crippen molar-refractivity contribution in [3.8, 4) is 0 Å². The SMILES string of the molecule is COC(=O)CCCCCCC/C=C\C=C\C=O. The fourth-order valence-corrected chi connectivity index (χ4v) is 1.45. The topological polar surface area (TPSA) is 43.4 Å². The van der Waals surface area contributed by atoms with Gasteiger partial charge in [0, 0.05) is 6.42 Å². The smallest absolute Gasteiger partial charge is 0.305 e. The average molecular weight is 238 g/mol. The molecule has 0 aliphatic rings. The minimum Gasteiger partial charge on any atom is -0.469 e. The fourth-order valence-electron chi connectivity index (χ4n) is 1.45. The largest absolute Gasteiger partial charge is 0.469 e. The standard InChI is InChI=1S/C14H22O3/c1-17-14(16)12-10-8-6-4-2-3-5-7-9-11-13-15/h5,7,9,11,13H,2-4,6,8,10,12H2,1H3/b7-5-,11-9+. The van der Waals surface area contributed by atoms with Crippen LogP contribution in [0.3, 0.4) is 0 Å². The predicted molar refractivity (Wildman–Crippen MR) is 68.7 cm³/mol. The Kier molecular flexibility index (Phi) is 11.7. The van der Waals surface area contributed by atoms with E-state index in [9.17, 15) is 9.59 Å². The molecule has 96 valence electrons. The lowest BCUT2D eigenvalue weighted by atomic mass is 10.1. The minimum absolute atomic E-state index is 0.116. The molecule has 0 saturated carbocycles. The summed E-state index contributed by atoms with van der Waals surface area (Å²) < 4.78 is 4.56. The van der Waals surface area contributed by atoms with Crippen molar-refractivity contribution < 1.29 is 14.3 Å². The maximum absolute atomic E-state index is 10.8. The van der Waals surface area contributed by atoms with E-state index in [1.54, 1.807) is 6.08 Å². The van der Waals surface area contributed by atoms with Crippen molar-refractivity contribution in [3.63, 3.8) is 0 Å². The van der Waals surface area contributed by atoms with Crippen molar-refractivity contribution in [2.45, 2.75) is 44.9 Å². The summed E-state index contributed by atoms with van der Waals surface area (Å²) in [5, 5.41) is 0. The lowest BCUT2D eigenvalue weighted by molar-refractivity contribution is -0.140. The maximum atomic E-state index is 10.8. The summed E-state index contributed by atoms with van der Waals surface area (Å²) in [6, 6.07) is 0. The van der Waals surface area contributed by atoms with Crippen LogP contribution in [-0.2, 0) is 14.3 Å². The van der Waals surface area contributed by atoms with E-state index in [0.717, 1.165) is 38.4 Å². The Bertz CT molecular complexity index is 254. The lowest BCUT2D eigenvalue weighted by Crippen LogP contribution is -1.98. The molecule has 0 heterocycles. The van der Waals surface area contributed by atoms with Crippen molar-refractivity contribution in [2.24, 2.45) is 0 Å². The summed E-state index contributed by atoms with van der Waals surface area (Å²) in [6.45, 7) is 0. The second kappa shape index (κ2) is 12.7. The zero-order valence-corrected chi connectivity index (χ0v) is 10.6. The van der Waals surface area contributed by atoms with Crippen molar-refractivity contribution in [2.75, 3.05) is 7.11 Å². The molecule has 0 aromatic rings. The van der Waals surface area contributed by atoms with Crippen LogP contribution in [0.25, 0.3) is 0 Å². The highest BCUT2D eigenvalue weighted by molar-refractivity contribution is 5.68. The molecular weight excluding hydrogens is 216 g/mol. The summed E-state index contributed by atoms with van der Waals surface area (Å²) in [5.41, 5.74) is 0. The fraction of sp³-hybridized carbons (Fsp3) is 0.571. The first-order chi connectivity index (χ1) is 8.31. The van der Waals surface area contributed by atoms with Gasteiger partial charge in [0.1, 0.15) is 6.29 Å². The molecule has 0 aromatic heterocycles. The molecule has 0 aromatic carbocycles. The zero-order valence-electron chi connectivity index (χ0n) is 10.6. The third kappa shape index (κ3) is 12.6. The third-order valence-electron chi connectivity index (χ3n) is 2.42. The van der Waals surface area contributed by atoms with Crippen molar-refractivity contribution >= 4 is 12.3 Å². The highest BCUT2D eigenvalue weighted by Gasteiger charge is 1.98. The lowest BCUT2D eigenvalue weighted by Gasteiger charge is -1.99. The van der Waals surface area contributed by atoms with E-state index < -0.39 is 0 Å². The van der Waals surface area contributed by atoms with Gasteiger partial charge in [0.2, 0.25) is 0 Å². The van der Waals surface area contributed by atoms with Crippen LogP contribution in [0.5, 0.6) is 0 Å². The predicted octanol–water partition coefficient (Wildman–Crippen LogP) is 3.20. The summed E-state index contributed by atoms with van der Waals surface area (Å²) in [6.07, 6.45) is 15.0. The van der Waals surface area contributed by atoms with E-state index in [0.29, 0.717) is 6.42 Å². The summed E-state index contributed by atoms with van der Waals surface area (Å²) in [7, 11) is 1.42. The van der Waals surface area contributed by atoms with Crippen LogP contribution >= 0.6 is 0 Å². The van der Waals surface area contributed by atoms with Crippen LogP contribution in [0, 0.1) is 0 Å². The van der Waals surface area contributed by atoms with Gasteiger partial charge in [0.05, 0.1) is 7.11 Å². The molecule has 0 radical (unpaired) electrons. The number of allylic oxidation sites excluding steroid dienone is 4. The van der Waals surface area contributed by atoms with E-state index >= 15 is 0 Å². The van der Waals surface area contributed by atoms with Crippen LogP contribution in [0.2, 0.25) is 0 Å². The molecule has 0 atom stereocenters. The number of aldehydes is 1. The maximum Gasteiger partial charge on any atom is 0.305 e.